The Morgan fingerprint density at radius 1 is 1.30 bits per heavy atom. The second-order valence-corrected chi connectivity index (χ2v) is 6.40. The van der Waals surface area contributed by atoms with Crippen LogP contribution >= 0.6 is 11.6 Å². The predicted molar refractivity (Wildman–Crippen MR) is 90.8 cm³/mol. The van der Waals surface area contributed by atoms with Crippen LogP contribution in [0.4, 0.5) is 0 Å². The number of nitrogens with zero attached hydrogens (tertiary/aromatic N) is 1. The molecule has 4 nitrogen and oxygen atoms in total. The normalized spacial score (nSPS) is 17.2. The minimum Gasteiger partial charge on any atom is -0.364 e. The van der Waals surface area contributed by atoms with Crippen LogP contribution in [-0.4, -0.2) is 15.9 Å². The van der Waals surface area contributed by atoms with Crippen LogP contribution in [-0.2, 0) is 6.42 Å². The first-order valence-electron chi connectivity index (χ1n) is 7.70. The van der Waals surface area contributed by atoms with Crippen molar-refractivity contribution < 1.29 is 4.79 Å². The molecule has 1 aliphatic rings. The van der Waals surface area contributed by atoms with E-state index in [2.05, 4.69) is 9.97 Å². The number of rotatable bonds is 2. The highest BCUT2D eigenvalue weighted by Gasteiger charge is 2.27. The lowest BCUT2D eigenvalue weighted by atomic mass is 9.84. The van der Waals surface area contributed by atoms with E-state index in [1.807, 2.05) is 30.3 Å². The molecule has 1 aromatic carbocycles. The number of carbonyl (C=O) groups excluding carboxylic acids is 1. The molecule has 116 valence electrons. The summed E-state index contributed by atoms with van der Waals surface area (Å²) in [7, 11) is 0. The fourth-order valence-corrected chi connectivity index (χ4v) is 3.69. The molecule has 3 N–H and O–H groups in total. The number of hydrogen-bond donors (Lipinski definition) is 2. The van der Waals surface area contributed by atoms with Gasteiger partial charge in [-0.15, -0.1) is 0 Å². The van der Waals surface area contributed by atoms with Gasteiger partial charge in [0.15, 0.2) is 0 Å². The zero-order chi connectivity index (χ0) is 16.0. The number of hydrogen-bond acceptors (Lipinski definition) is 2. The molecule has 0 radical (unpaired) electrons. The van der Waals surface area contributed by atoms with Crippen LogP contribution in [0.3, 0.4) is 0 Å². The summed E-state index contributed by atoms with van der Waals surface area (Å²) in [6, 6.07) is 11.4. The number of benzene rings is 1. The average Bonchev–Trinajstić information content (AvgIpc) is 2.93. The maximum atomic E-state index is 11.4. The average molecular weight is 326 g/mol. The standard InChI is InChI=1S/C18H16ClN3O/c19-10-7-8-15-13(9-10)11-3-1-4-12(17(11)22-15)14-5-2-6-16(21-14)18(20)23/h2,5-9,12,22H,1,3-4H2,(H2,20,23). The van der Waals surface area contributed by atoms with Crippen molar-refractivity contribution in [2.24, 2.45) is 5.73 Å². The molecule has 5 heteroatoms. The van der Waals surface area contributed by atoms with Crippen molar-refractivity contribution >= 4 is 28.4 Å². The minimum absolute atomic E-state index is 0.157. The first-order valence-corrected chi connectivity index (χ1v) is 8.08. The molecule has 4 rings (SSSR count). The third kappa shape index (κ3) is 2.39. The van der Waals surface area contributed by atoms with E-state index in [4.69, 9.17) is 17.3 Å². The van der Waals surface area contributed by atoms with Gasteiger partial charge in [0.05, 0.1) is 5.69 Å². The van der Waals surface area contributed by atoms with Gasteiger partial charge in [0.1, 0.15) is 5.69 Å². The Labute approximate surface area is 138 Å². The van der Waals surface area contributed by atoms with Gasteiger partial charge in [-0.2, -0.15) is 0 Å². The van der Waals surface area contributed by atoms with E-state index in [1.54, 1.807) is 6.07 Å². The number of amides is 1. The van der Waals surface area contributed by atoms with Gasteiger partial charge in [-0.05, 0) is 55.2 Å². The lowest BCUT2D eigenvalue weighted by molar-refractivity contribution is 0.0995. The molecule has 0 saturated heterocycles. The largest absolute Gasteiger partial charge is 0.364 e. The summed E-state index contributed by atoms with van der Waals surface area (Å²) in [5, 5.41) is 1.93. The summed E-state index contributed by atoms with van der Waals surface area (Å²) in [5.74, 6) is -0.337. The van der Waals surface area contributed by atoms with Gasteiger partial charge in [-0.3, -0.25) is 4.79 Å². The fraction of sp³-hybridized carbons (Fsp3) is 0.222. The summed E-state index contributed by atoms with van der Waals surface area (Å²) >= 11 is 6.15. The van der Waals surface area contributed by atoms with Gasteiger partial charge in [0.2, 0.25) is 0 Å². The van der Waals surface area contributed by atoms with E-state index >= 15 is 0 Å². The lowest BCUT2D eigenvalue weighted by Crippen LogP contribution is -2.17. The van der Waals surface area contributed by atoms with Crippen LogP contribution in [0.5, 0.6) is 0 Å². The molecule has 2 aromatic heterocycles. The molecular formula is C18H16ClN3O. The molecule has 23 heavy (non-hydrogen) atoms. The first kappa shape index (κ1) is 14.3. The third-order valence-electron chi connectivity index (χ3n) is 4.55. The molecule has 0 fully saturated rings. The summed E-state index contributed by atoms with van der Waals surface area (Å²) in [6.07, 6.45) is 3.12. The Bertz CT molecular complexity index is 916. The van der Waals surface area contributed by atoms with Gasteiger partial charge >= 0.3 is 0 Å². The van der Waals surface area contributed by atoms with Gasteiger partial charge < -0.3 is 10.7 Å². The predicted octanol–water partition coefficient (Wildman–Crippen LogP) is 3.78. The Hall–Kier alpha value is -2.33. The SMILES string of the molecule is NC(=O)c1cccc(C2CCCc3c2[nH]c2ccc(Cl)cc32)n1. The molecule has 1 unspecified atom stereocenters. The van der Waals surface area contributed by atoms with Crippen molar-refractivity contribution in [1.29, 1.82) is 0 Å². The van der Waals surface area contributed by atoms with Crippen LogP contribution in [0.2, 0.25) is 5.02 Å². The highest BCUT2D eigenvalue weighted by molar-refractivity contribution is 6.31. The second-order valence-electron chi connectivity index (χ2n) is 5.96. The van der Waals surface area contributed by atoms with Crippen LogP contribution < -0.4 is 5.73 Å². The van der Waals surface area contributed by atoms with Gasteiger partial charge in [0, 0.05) is 27.5 Å². The summed E-state index contributed by atoms with van der Waals surface area (Å²) in [4.78, 5) is 19.4. The van der Waals surface area contributed by atoms with Crippen LogP contribution in [0.15, 0.2) is 36.4 Å². The number of carbonyl (C=O) groups is 1. The Balaban J connectivity index is 1.86. The van der Waals surface area contributed by atoms with Crippen molar-refractivity contribution in [3.05, 3.63) is 64.1 Å². The highest BCUT2D eigenvalue weighted by atomic mass is 35.5. The Morgan fingerprint density at radius 3 is 3.00 bits per heavy atom. The number of primary amides is 1. The van der Waals surface area contributed by atoms with Gasteiger partial charge in [-0.1, -0.05) is 17.7 Å². The number of nitrogens with one attached hydrogen (secondary N) is 1. The maximum Gasteiger partial charge on any atom is 0.267 e. The van der Waals surface area contributed by atoms with E-state index in [0.29, 0.717) is 5.69 Å². The Morgan fingerprint density at radius 2 is 2.17 bits per heavy atom. The molecule has 2 heterocycles. The van der Waals surface area contributed by atoms with E-state index in [9.17, 15) is 4.79 Å². The number of halogens is 1. The van der Waals surface area contributed by atoms with Crippen LogP contribution in [0.25, 0.3) is 10.9 Å². The zero-order valence-corrected chi connectivity index (χ0v) is 13.2. The summed E-state index contributed by atoms with van der Waals surface area (Å²) in [5.41, 5.74) is 10.2. The molecule has 0 aliphatic heterocycles. The lowest BCUT2D eigenvalue weighted by Gasteiger charge is -2.22. The Kier molecular flexibility index (Phi) is 3.34. The van der Waals surface area contributed by atoms with E-state index in [-0.39, 0.29) is 5.92 Å². The maximum absolute atomic E-state index is 11.4. The van der Waals surface area contributed by atoms with Gasteiger partial charge in [-0.25, -0.2) is 4.98 Å². The van der Waals surface area contributed by atoms with Crippen LogP contribution in [0, 0.1) is 0 Å². The van der Waals surface area contributed by atoms with Crippen LogP contribution in [0.1, 0.15) is 46.2 Å². The number of nitrogens with two attached hydrogens (primary N) is 1. The fourth-order valence-electron chi connectivity index (χ4n) is 3.51. The topological polar surface area (TPSA) is 71.8 Å². The third-order valence-corrected chi connectivity index (χ3v) is 4.78. The van der Waals surface area contributed by atoms with Crippen molar-refractivity contribution in [3.8, 4) is 0 Å². The minimum atomic E-state index is -0.494. The monoisotopic (exact) mass is 325 g/mol. The molecule has 0 spiro atoms. The molecule has 1 aliphatic carbocycles. The summed E-state index contributed by atoms with van der Waals surface area (Å²) in [6.45, 7) is 0. The van der Waals surface area contributed by atoms with E-state index in [0.717, 1.165) is 35.5 Å². The van der Waals surface area contributed by atoms with E-state index in [1.165, 1.54) is 16.6 Å². The van der Waals surface area contributed by atoms with Crippen molar-refractivity contribution in [1.82, 2.24) is 9.97 Å². The molecule has 1 amide bonds. The molecule has 1 atom stereocenters. The van der Waals surface area contributed by atoms with Crippen molar-refractivity contribution in [2.75, 3.05) is 0 Å². The van der Waals surface area contributed by atoms with E-state index < -0.39 is 5.91 Å². The second kappa shape index (κ2) is 5.39. The number of H-pyrrole nitrogens is 1. The number of aromatic nitrogens is 2. The number of fused-ring (bicyclic) bond motifs is 3. The van der Waals surface area contributed by atoms with Gasteiger partial charge in [0.25, 0.3) is 5.91 Å². The highest BCUT2D eigenvalue weighted by Crippen LogP contribution is 2.39. The number of pyridine rings is 1. The van der Waals surface area contributed by atoms with Crippen molar-refractivity contribution in [3.63, 3.8) is 0 Å². The zero-order valence-electron chi connectivity index (χ0n) is 12.5. The number of aromatic amines is 1. The molecule has 0 saturated carbocycles. The number of aryl methyl sites for hydroxylation is 1. The first-order chi connectivity index (χ1) is 11.1. The molecular weight excluding hydrogens is 310 g/mol. The van der Waals surface area contributed by atoms with Crippen molar-refractivity contribution in [2.45, 2.75) is 25.2 Å². The molecule has 3 aromatic rings. The quantitative estimate of drug-likeness (QED) is 0.752. The molecule has 0 bridgehead atoms. The summed E-state index contributed by atoms with van der Waals surface area (Å²) < 4.78 is 0. The smallest absolute Gasteiger partial charge is 0.267 e.